The van der Waals surface area contributed by atoms with Gasteiger partial charge < -0.3 is 59.4 Å². The minimum absolute atomic E-state index is 0.0610. The van der Waals surface area contributed by atoms with E-state index >= 15 is 0 Å². The maximum Gasteiger partial charge on any atom is 0.328 e. The molecule has 684 valence electrons. The minimum Gasteiger partial charge on any atom is -0.493 e. The number of rotatable bonds is 18. The number of nitrogens with zero attached hydrogens (tertiary/aromatic N) is 3. The van der Waals surface area contributed by atoms with Gasteiger partial charge in [-0.25, -0.2) is 14.4 Å². The molecule has 0 bridgehead atoms. The topological polar surface area (TPSA) is 317 Å². The number of hydrogen-bond acceptors (Lipinski definition) is 17. The Labute approximate surface area is 770 Å². The number of amides is 6. The number of ketones is 3. The lowest BCUT2D eigenvalue weighted by molar-refractivity contribution is -0.146. The molecule has 6 atom stereocenters. The highest BCUT2D eigenvalue weighted by Gasteiger charge is 2.35. The van der Waals surface area contributed by atoms with Crippen LogP contribution in [0.2, 0.25) is 5.02 Å². The molecule has 130 heavy (non-hydrogen) atoms. The number of fused-ring (bicyclic) bond motifs is 2. The number of carbonyl (C=O) groups is 12. The number of halogens is 2. The zero-order valence-corrected chi connectivity index (χ0v) is 75.3. The molecule has 0 unspecified atom stereocenters. The largest absolute Gasteiger partial charge is 0.493 e. The predicted molar refractivity (Wildman–Crippen MR) is 496 cm³/mol. The van der Waals surface area contributed by atoms with E-state index in [1.165, 1.54) is 14.2 Å². The van der Waals surface area contributed by atoms with E-state index in [4.69, 9.17) is 46.9 Å². The highest BCUT2D eigenvalue weighted by Crippen LogP contribution is 2.33. The predicted octanol–water partition coefficient (Wildman–Crippen LogP) is 15.2. The van der Waals surface area contributed by atoms with Crippen molar-refractivity contribution in [3.8, 4) is 11.5 Å². The van der Waals surface area contributed by atoms with Gasteiger partial charge in [-0.15, -0.1) is 0 Å². The summed E-state index contributed by atoms with van der Waals surface area (Å²) in [4.78, 5) is 165. The van der Waals surface area contributed by atoms with Crippen molar-refractivity contribution in [3.63, 3.8) is 0 Å². The molecule has 1 aliphatic carbocycles. The molecule has 4 aliphatic rings. The summed E-state index contributed by atoms with van der Waals surface area (Å²) in [5.74, 6) is -6.24. The normalized spacial score (nSPS) is 19.8. The number of Topliss-reactive ketones (excluding diaryl/α,β-unsaturated/α-hetero) is 3. The first-order valence-electron chi connectivity index (χ1n) is 44.6. The zero-order chi connectivity index (χ0) is 92.4. The molecule has 0 saturated heterocycles. The van der Waals surface area contributed by atoms with Crippen LogP contribution in [0.1, 0.15) is 150 Å². The van der Waals surface area contributed by atoms with Crippen molar-refractivity contribution in [3.05, 3.63) is 309 Å². The lowest BCUT2D eigenvalue weighted by atomic mass is 9.88. The molecule has 0 spiro atoms. The van der Waals surface area contributed by atoms with Crippen LogP contribution >= 0.6 is 23.2 Å². The molecule has 0 radical (unpaired) electrons. The summed E-state index contributed by atoms with van der Waals surface area (Å²) >= 11 is 12.5. The average molecular weight is 1810 g/mol. The van der Waals surface area contributed by atoms with Crippen molar-refractivity contribution >= 4 is 93.9 Å². The van der Waals surface area contributed by atoms with Gasteiger partial charge in [0.1, 0.15) is 42.0 Å². The van der Waals surface area contributed by atoms with Gasteiger partial charge in [-0.1, -0.05) is 223 Å². The fraction of sp³-hybridized carbons (Fsp3) is 0.365. The maximum atomic E-state index is 13.7. The molecule has 0 saturated carbocycles. The quantitative estimate of drug-likeness (QED) is 0.0458. The molecular weight excluding hydrogens is 1690 g/mol. The summed E-state index contributed by atoms with van der Waals surface area (Å²) in [6, 6.07) is 66.2. The van der Waals surface area contributed by atoms with Crippen LogP contribution in [0.3, 0.4) is 0 Å². The summed E-state index contributed by atoms with van der Waals surface area (Å²) in [6.07, 6.45) is 11.7. The van der Waals surface area contributed by atoms with Crippen molar-refractivity contribution in [2.24, 2.45) is 17.8 Å². The molecule has 6 amide bonds. The summed E-state index contributed by atoms with van der Waals surface area (Å²) in [7, 11) is 2.51. The number of esters is 2. The van der Waals surface area contributed by atoms with Crippen molar-refractivity contribution < 1.29 is 86.3 Å². The lowest BCUT2D eigenvalue weighted by Crippen LogP contribution is -2.46. The summed E-state index contributed by atoms with van der Waals surface area (Å²) < 4.78 is 28.0. The number of hydrogen-bond donors (Lipinski definition) is 4. The second kappa shape index (κ2) is 53.2. The molecule has 4 N–H and O–H groups in total. The SMILES string of the molecule is COC(=O)[C@@H]1CCC(=O)N(CCc2ccccc2)CCCCOC2=C(CCC(Cl)=C2)C(=O)C[C@H](Cc2ccccc2)C(=O)N1.COC(=O)[C@@H]1CCC(=O)N(CCc2ccccc2)CCCCOc2ccccc2C(=O)C[C@H](Cc2ccccc2)C(=O)N1.O=C1C[C@H](Cc2ccccc2)C(=O)N[C@H](C(=O)O)CCC(=O)N(CCc2ccccc2)C/C=C/COc2cc(Cl)ccc21. The van der Waals surface area contributed by atoms with Crippen molar-refractivity contribution in [2.45, 2.75) is 153 Å². The Morgan fingerprint density at radius 3 is 1.24 bits per heavy atom. The van der Waals surface area contributed by atoms with Crippen molar-refractivity contribution in [1.29, 1.82) is 0 Å². The number of allylic oxidation sites excluding steroid dienone is 3. The zero-order valence-electron chi connectivity index (χ0n) is 73.8. The molecule has 12 rings (SSSR count). The van der Waals surface area contributed by atoms with Gasteiger partial charge in [0.25, 0.3) is 0 Å². The first-order valence-corrected chi connectivity index (χ1v) is 45.3. The second-order valence-corrected chi connectivity index (χ2v) is 33.4. The molecule has 26 heteroatoms. The van der Waals surface area contributed by atoms with Crippen LogP contribution < -0.4 is 25.4 Å². The molecule has 3 aliphatic heterocycles. The maximum absolute atomic E-state index is 13.7. The van der Waals surface area contributed by atoms with Gasteiger partial charge in [-0.3, -0.25) is 43.2 Å². The number of ether oxygens (including phenoxy) is 5. The Kier molecular flexibility index (Phi) is 40.7. The Morgan fingerprint density at radius 2 is 0.792 bits per heavy atom. The smallest absolute Gasteiger partial charge is 0.328 e. The molecule has 8 aromatic rings. The van der Waals surface area contributed by atoms with Gasteiger partial charge >= 0.3 is 17.9 Å². The Morgan fingerprint density at radius 1 is 0.408 bits per heavy atom. The number of carboxylic acids is 1. The molecule has 8 aromatic carbocycles. The third kappa shape index (κ3) is 32.7. The number of carbonyl (C=O) groups excluding carboxylic acids is 11. The third-order valence-corrected chi connectivity index (χ3v) is 23.6. The molecule has 3 heterocycles. The average Bonchev–Trinajstić information content (AvgIpc) is 0.889. The number of aliphatic carboxylic acids is 1. The Balaban J connectivity index is 0.000000203. The molecule has 0 aromatic heterocycles. The fourth-order valence-corrected chi connectivity index (χ4v) is 16.1. The van der Waals surface area contributed by atoms with E-state index < -0.39 is 71.5 Å². The first kappa shape index (κ1) is 99.4. The molecule has 0 fully saturated rings. The molecule has 24 nitrogen and oxygen atoms in total. The van der Waals surface area contributed by atoms with Crippen LogP contribution in [0, 0.1) is 17.8 Å². The standard InChI is InChI=1S/C35H41ClN2O6.C35H40N2O6.C34H35ClN2O6/c1-43-35(42)30-16-17-33(40)38(20-18-25-10-4-2-5-11-25)19-8-9-21-44-32-24-28(36)14-15-29(32)31(39)23-27(34(41)37-30)22-26-12-6-3-7-13-26;1-42-35(41)30-18-19-33(39)37(22-20-26-12-4-2-5-13-26)21-10-11-23-43-32-17-9-8-16-29(32)31(38)25-28(34(40)36-30)24-27-14-6-3-7-15-27;35-27-13-14-28-30(38)22-26(21-25-11-5-2-6-12-25)33(40)36-29(34(41)42)15-16-32(39)37(18-7-8-20-43-31(28)23-27)19-17-24-9-3-1-4-10-24/h2-7,10-13,24,27,30H,8-9,14-23H2,1H3,(H,37,41);2-9,12-17,28,30H,10-11,18-25H2,1H3,(H,36,40);1-14,23,26,29H,15-22H2,(H,36,40)(H,41,42)/b;;8-7+/t27-,30-;28-,30-;26-,29-/m000/s1. The van der Waals surface area contributed by atoms with E-state index in [1.807, 2.05) is 198 Å². The monoisotopic (exact) mass is 1810 g/mol. The second-order valence-electron chi connectivity index (χ2n) is 32.5. The highest BCUT2D eigenvalue weighted by molar-refractivity contribution is 6.31. The summed E-state index contributed by atoms with van der Waals surface area (Å²) in [6.45, 7) is 3.74. The number of nitrogens with one attached hydrogen (secondary N) is 3. The van der Waals surface area contributed by atoms with Gasteiger partial charge in [0, 0.05) is 111 Å². The van der Waals surface area contributed by atoms with Gasteiger partial charge in [0.15, 0.2) is 17.3 Å². The van der Waals surface area contributed by atoms with Crippen LogP contribution in [0.4, 0.5) is 0 Å². The van der Waals surface area contributed by atoms with E-state index in [-0.39, 0.29) is 117 Å². The van der Waals surface area contributed by atoms with E-state index in [0.29, 0.717) is 156 Å². The number of methoxy groups -OCH3 is 2. The number of carboxylic acid groups (broad SMARTS) is 1. The van der Waals surface area contributed by atoms with Gasteiger partial charge in [0.05, 0.1) is 38.6 Å². The summed E-state index contributed by atoms with van der Waals surface area (Å²) in [5.41, 5.74) is 7.17. The van der Waals surface area contributed by atoms with Crippen LogP contribution in [-0.2, 0) is 101 Å². The minimum atomic E-state index is -1.29. The van der Waals surface area contributed by atoms with E-state index in [9.17, 15) is 62.6 Å². The Hall–Kier alpha value is -12.8. The number of benzene rings is 8. The van der Waals surface area contributed by atoms with Crippen LogP contribution in [0.5, 0.6) is 11.5 Å². The van der Waals surface area contributed by atoms with E-state index in [2.05, 4.69) is 16.0 Å². The van der Waals surface area contributed by atoms with Crippen molar-refractivity contribution in [2.75, 3.05) is 73.3 Å². The van der Waals surface area contributed by atoms with Crippen LogP contribution in [0.25, 0.3) is 0 Å². The van der Waals surface area contributed by atoms with Crippen molar-refractivity contribution in [1.82, 2.24) is 30.7 Å². The Bertz CT molecular complexity index is 5180. The fourth-order valence-electron chi connectivity index (χ4n) is 15.8. The van der Waals surface area contributed by atoms with Gasteiger partial charge in [-0.2, -0.15) is 0 Å². The van der Waals surface area contributed by atoms with E-state index in [0.717, 1.165) is 33.4 Å². The number of para-hydroxylation sites is 1. The summed E-state index contributed by atoms with van der Waals surface area (Å²) in [5, 5.41) is 19.1. The van der Waals surface area contributed by atoms with Crippen LogP contribution in [0.15, 0.2) is 259 Å². The molecular formula is C104H116Cl2N6O18. The van der Waals surface area contributed by atoms with Crippen LogP contribution in [-0.4, -0.2) is 182 Å². The van der Waals surface area contributed by atoms with Gasteiger partial charge in [0.2, 0.25) is 35.4 Å². The van der Waals surface area contributed by atoms with Gasteiger partial charge in [-0.05, 0) is 172 Å². The third-order valence-electron chi connectivity index (χ3n) is 23.1. The van der Waals surface area contributed by atoms with E-state index in [1.54, 1.807) is 59.5 Å². The first-order chi connectivity index (χ1) is 63.1. The lowest BCUT2D eigenvalue weighted by Gasteiger charge is -2.25. The highest BCUT2D eigenvalue weighted by atomic mass is 35.5.